The predicted octanol–water partition coefficient (Wildman–Crippen LogP) is 19.3. The molecular weight excluding hydrogens is 1160 g/mol. The van der Waals surface area contributed by atoms with Crippen LogP contribution in [0, 0.1) is 5.92 Å². The number of carbonyl (C=O) groups is 4. The van der Waals surface area contributed by atoms with Crippen molar-refractivity contribution in [2.45, 2.75) is 348 Å². The van der Waals surface area contributed by atoms with Gasteiger partial charge in [-0.1, -0.05) is 277 Å². The lowest BCUT2D eigenvalue weighted by atomic mass is 10.0. The maximum Gasteiger partial charge on any atom is 0.472 e. The average molecular weight is 1290 g/mol. The minimum Gasteiger partial charge on any atom is -0.462 e. The molecule has 0 saturated carbocycles. The third kappa shape index (κ3) is 62.4. The van der Waals surface area contributed by atoms with Crippen LogP contribution in [0.2, 0.25) is 0 Å². The fourth-order valence-electron chi connectivity index (χ4n) is 9.93. The first-order valence-electron chi connectivity index (χ1n) is 35.5. The molecule has 19 heteroatoms. The number of unbranched alkanes of at least 4 members (excludes halogenated alkanes) is 36. The molecule has 0 aliphatic rings. The van der Waals surface area contributed by atoms with E-state index in [9.17, 15) is 43.2 Å². The summed E-state index contributed by atoms with van der Waals surface area (Å²) in [6.07, 6.45) is 50.7. The van der Waals surface area contributed by atoms with E-state index >= 15 is 0 Å². The molecule has 0 bridgehead atoms. The molecule has 0 saturated heterocycles. The highest BCUT2D eigenvalue weighted by Gasteiger charge is 2.30. The molecule has 0 aromatic heterocycles. The first-order chi connectivity index (χ1) is 42.5. The summed E-state index contributed by atoms with van der Waals surface area (Å²) >= 11 is 0. The third-order valence-corrected chi connectivity index (χ3v) is 17.3. The molecule has 88 heavy (non-hydrogen) atoms. The van der Waals surface area contributed by atoms with Crippen LogP contribution < -0.4 is 0 Å². The molecular formula is C69H130O17P2. The summed E-state index contributed by atoms with van der Waals surface area (Å²) in [7, 11) is -9.91. The molecule has 0 rings (SSSR count). The van der Waals surface area contributed by atoms with Gasteiger partial charge >= 0.3 is 39.5 Å². The number of rotatable bonds is 67. The van der Waals surface area contributed by atoms with E-state index in [1.807, 2.05) is 0 Å². The SMILES string of the molecule is CCCCCC/C=C\C=C/CCCCCCCC(=O)O[C@H](COC(=O)CCCCCCCCCCCC(C)C)COP(=O)(O)OC[C@@H](O)COP(=O)(O)OC[C@@H](COC(=O)CCCCCCCCCCC)OC(=O)CCCCCCCCCCCCCC. The van der Waals surface area contributed by atoms with Crippen molar-refractivity contribution < 1.29 is 80.2 Å². The van der Waals surface area contributed by atoms with E-state index in [-0.39, 0.29) is 25.7 Å². The van der Waals surface area contributed by atoms with Crippen LogP contribution in [-0.2, 0) is 65.4 Å². The fraction of sp³-hybridized carbons (Fsp3) is 0.884. The number of hydrogen-bond donors (Lipinski definition) is 3. The highest BCUT2D eigenvalue weighted by atomic mass is 31.2. The van der Waals surface area contributed by atoms with Crippen LogP contribution in [0.3, 0.4) is 0 Å². The molecule has 0 heterocycles. The smallest absolute Gasteiger partial charge is 0.462 e. The van der Waals surface area contributed by atoms with Crippen molar-refractivity contribution in [1.29, 1.82) is 0 Å². The van der Waals surface area contributed by atoms with E-state index in [0.717, 1.165) is 109 Å². The molecule has 0 aromatic rings. The number of ether oxygens (including phenoxy) is 4. The van der Waals surface area contributed by atoms with Crippen LogP contribution >= 0.6 is 15.6 Å². The summed E-state index contributed by atoms with van der Waals surface area (Å²) in [5.74, 6) is -1.41. The van der Waals surface area contributed by atoms with Crippen molar-refractivity contribution in [3.05, 3.63) is 24.3 Å². The first kappa shape index (κ1) is 85.5. The Balaban J connectivity index is 5.28. The van der Waals surface area contributed by atoms with Crippen LogP contribution in [0.4, 0.5) is 0 Å². The molecule has 0 aromatic carbocycles. The quantitative estimate of drug-likeness (QED) is 0.0169. The summed E-state index contributed by atoms with van der Waals surface area (Å²) in [6.45, 7) is 7.13. The molecule has 0 aliphatic heterocycles. The lowest BCUT2D eigenvalue weighted by molar-refractivity contribution is -0.161. The van der Waals surface area contributed by atoms with Gasteiger partial charge in [0.25, 0.3) is 0 Å². The third-order valence-electron chi connectivity index (χ3n) is 15.4. The normalized spacial score (nSPS) is 14.3. The average Bonchev–Trinajstić information content (AvgIpc) is 3.54. The van der Waals surface area contributed by atoms with E-state index in [4.69, 9.17) is 37.0 Å². The van der Waals surface area contributed by atoms with Gasteiger partial charge in [0.05, 0.1) is 26.4 Å². The molecule has 17 nitrogen and oxygen atoms in total. The second-order valence-electron chi connectivity index (χ2n) is 24.7. The molecule has 0 fully saturated rings. The maximum absolute atomic E-state index is 13.0. The van der Waals surface area contributed by atoms with Crippen LogP contribution in [-0.4, -0.2) is 96.7 Å². The summed E-state index contributed by atoms with van der Waals surface area (Å²) < 4.78 is 68.1. The summed E-state index contributed by atoms with van der Waals surface area (Å²) in [5.41, 5.74) is 0. The van der Waals surface area contributed by atoms with Gasteiger partial charge in [-0.2, -0.15) is 0 Å². The summed E-state index contributed by atoms with van der Waals surface area (Å²) in [6, 6.07) is 0. The molecule has 518 valence electrons. The monoisotopic (exact) mass is 1290 g/mol. The Labute approximate surface area is 535 Å². The summed E-state index contributed by atoms with van der Waals surface area (Å²) in [5, 5.41) is 10.6. The van der Waals surface area contributed by atoms with Crippen LogP contribution in [0.25, 0.3) is 0 Å². The van der Waals surface area contributed by atoms with Crippen LogP contribution in [0.1, 0.15) is 330 Å². The number of aliphatic hydroxyl groups excluding tert-OH is 1. The van der Waals surface area contributed by atoms with Crippen LogP contribution in [0.15, 0.2) is 24.3 Å². The van der Waals surface area contributed by atoms with E-state index in [1.54, 1.807) is 0 Å². The zero-order valence-electron chi connectivity index (χ0n) is 56.3. The van der Waals surface area contributed by atoms with Gasteiger partial charge < -0.3 is 33.8 Å². The Morgan fingerprint density at radius 2 is 0.614 bits per heavy atom. The zero-order chi connectivity index (χ0) is 64.9. The maximum atomic E-state index is 13.0. The second kappa shape index (κ2) is 62.0. The molecule has 5 atom stereocenters. The number of phosphoric acid groups is 2. The van der Waals surface area contributed by atoms with Crippen molar-refractivity contribution in [3.8, 4) is 0 Å². The van der Waals surface area contributed by atoms with Gasteiger partial charge in [0, 0.05) is 25.7 Å². The number of carbonyl (C=O) groups excluding carboxylic acids is 4. The molecule has 0 radical (unpaired) electrons. The molecule has 0 amide bonds. The van der Waals surface area contributed by atoms with Gasteiger partial charge in [-0.25, -0.2) is 9.13 Å². The number of hydrogen-bond acceptors (Lipinski definition) is 15. The van der Waals surface area contributed by atoms with Crippen molar-refractivity contribution >= 4 is 39.5 Å². The van der Waals surface area contributed by atoms with Crippen molar-refractivity contribution in [2.75, 3.05) is 39.6 Å². The van der Waals surface area contributed by atoms with Crippen molar-refractivity contribution in [1.82, 2.24) is 0 Å². The van der Waals surface area contributed by atoms with E-state index in [0.29, 0.717) is 25.7 Å². The van der Waals surface area contributed by atoms with Crippen molar-refractivity contribution in [2.24, 2.45) is 5.92 Å². The second-order valence-corrected chi connectivity index (χ2v) is 27.6. The minimum atomic E-state index is -4.96. The van der Waals surface area contributed by atoms with E-state index in [1.165, 1.54) is 141 Å². The van der Waals surface area contributed by atoms with Gasteiger partial charge in [0.1, 0.15) is 19.3 Å². The largest absolute Gasteiger partial charge is 0.472 e. The van der Waals surface area contributed by atoms with Gasteiger partial charge in [-0.05, 0) is 57.3 Å². The van der Waals surface area contributed by atoms with E-state index < -0.39 is 97.5 Å². The number of phosphoric ester groups is 2. The van der Waals surface area contributed by atoms with E-state index in [2.05, 4.69) is 58.9 Å². The number of esters is 4. The van der Waals surface area contributed by atoms with Gasteiger partial charge in [-0.15, -0.1) is 0 Å². The van der Waals surface area contributed by atoms with Gasteiger partial charge in [-0.3, -0.25) is 37.3 Å². The highest BCUT2D eigenvalue weighted by Crippen LogP contribution is 2.45. The predicted molar refractivity (Wildman–Crippen MR) is 354 cm³/mol. The highest BCUT2D eigenvalue weighted by molar-refractivity contribution is 7.47. The Morgan fingerprint density at radius 1 is 0.352 bits per heavy atom. The molecule has 2 unspecified atom stereocenters. The lowest BCUT2D eigenvalue weighted by Crippen LogP contribution is -2.30. The first-order valence-corrected chi connectivity index (χ1v) is 38.4. The Bertz CT molecular complexity index is 1800. The van der Waals surface area contributed by atoms with Crippen molar-refractivity contribution in [3.63, 3.8) is 0 Å². The topological polar surface area (TPSA) is 237 Å². The fourth-order valence-corrected chi connectivity index (χ4v) is 11.5. The number of allylic oxidation sites excluding steroid dienone is 4. The summed E-state index contributed by atoms with van der Waals surface area (Å²) in [4.78, 5) is 72.4. The lowest BCUT2D eigenvalue weighted by Gasteiger charge is -2.21. The minimum absolute atomic E-state index is 0.0848. The number of aliphatic hydroxyl groups is 1. The zero-order valence-corrected chi connectivity index (χ0v) is 58.1. The van der Waals surface area contributed by atoms with Crippen LogP contribution in [0.5, 0.6) is 0 Å². The molecule has 0 aliphatic carbocycles. The standard InChI is InChI=1S/C69H130O17P2/c1-6-9-12-15-18-21-23-25-26-27-29-34-40-45-50-55-69(74)86-65(59-80-67(72)53-48-43-38-35-30-32-36-41-46-51-62(4)5)61-84-88(77,78)82-57-63(70)56-81-87(75,76)83-60-64(58-79-66(71)52-47-42-37-31-20-17-14-11-8-3)85-68(73)54-49-44-39-33-28-24-22-19-16-13-10-7-2/h21,23,25-26,62-65,70H,6-20,22,24,27-61H2,1-5H3,(H,75,76)(H,77,78)/b23-21-,26-25-/t63-,64+,65+/m0/s1. The van der Waals surface area contributed by atoms with Gasteiger partial charge in [0.2, 0.25) is 0 Å². The Kier molecular flexibility index (Phi) is 60.3. The Hall–Kier alpha value is -2.46. The molecule has 3 N–H and O–H groups in total. The molecule has 0 spiro atoms. The Morgan fingerprint density at radius 3 is 0.932 bits per heavy atom. The van der Waals surface area contributed by atoms with Gasteiger partial charge in [0.15, 0.2) is 12.2 Å².